The number of carbonyl (C=O) groups is 1. The van der Waals surface area contributed by atoms with Gasteiger partial charge in [0, 0.05) is 13.1 Å². The van der Waals surface area contributed by atoms with Crippen LogP contribution >= 0.6 is 11.8 Å². The Bertz CT molecular complexity index is 621. The number of hydrogen-bond donors (Lipinski definition) is 1. The van der Waals surface area contributed by atoms with Gasteiger partial charge in [0.2, 0.25) is 0 Å². The zero-order valence-corrected chi connectivity index (χ0v) is 11.6. The van der Waals surface area contributed by atoms with Crippen LogP contribution in [0.25, 0.3) is 6.08 Å². The maximum absolute atomic E-state index is 14.1. The third-order valence-electron chi connectivity index (χ3n) is 3.35. The number of benzene rings is 1. The summed E-state index contributed by atoms with van der Waals surface area (Å²) < 4.78 is 14.1. The van der Waals surface area contributed by atoms with E-state index in [1.807, 2.05) is 11.0 Å². The Hall–Kier alpha value is -1.82. The zero-order valence-electron chi connectivity index (χ0n) is 10.8. The number of halogens is 1. The molecule has 0 saturated carbocycles. The minimum Gasteiger partial charge on any atom is -0.378 e. The molecule has 0 aromatic heterocycles. The molecule has 0 radical (unpaired) electrons. The summed E-state index contributed by atoms with van der Waals surface area (Å²) >= 11 is 1.11. The summed E-state index contributed by atoms with van der Waals surface area (Å²) in [7, 11) is 0. The van der Waals surface area contributed by atoms with E-state index in [4.69, 9.17) is 5.73 Å². The highest BCUT2D eigenvalue weighted by Gasteiger charge is 2.20. The van der Waals surface area contributed by atoms with E-state index in [9.17, 15) is 9.18 Å². The highest BCUT2D eigenvalue weighted by molar-refractivity contribution is 8.18. The smallest absolute Gasteiger partial charge is 0.286 e. The third-order valence-corrected chi connectivity index (χ3v) is 4.17. The molecule has 0 atom stereocenters. The average Bonchev–Trinajstić information content (AvgIpc) is 3.00. The van der Waals surface area contributed by atoms with Gasteiger partial charge in [-0.15, -0.1) is 0 Å². The molecule has 1 aromatic rings. The van der Waals surface area contributed by atoms with Crippen molar-refractivity contribution in [3.8, 4) is 0 Å². The normalized spacial score (nSPS) is 20.9. The largest absolute Gasteiger partial charge is 0.378 e. The first-order valence-electron chi connectivity index (χ1n) is 6.46. The van der Waals surface area contributed by atoms with E-state index < -0.39 is 0 Å². The lowest BCUT2D eigenvalue weighted by Gasteiger charge is -2.18. The summed E-state index contributed by atoms with van der Waals surface area (Å²) in [6.07, 6.45) is 3.83. The van der Waals surface area contributed by atoms with Crippen LogP contribution in [0.4, 0.5) is 10.1 Å². The number of nitrogens with two attached hydrogens (primary N) is 1. The third kappa shape index (κ3) is 2.56. The van der Waals surface area contributed by atoms with E-state index in [1.165, 1.54) is 6.07 Å². The summed E-state index contributed by atoms with van der Waals surface area (Å²) in [4.78, 5) is 17.6. The van der Waals surface area contributed by atoms with Crippen molar-refractivity contribution in [1.29, 1.82) is 0 Å². The molecule has 1 amide bonds. The van der Waals surface area contributed by atoms with E-state index in [-0.39, 0.29) is 16.9 Å². The van der Waals surface area contributed by atoms with Gasteiger partial charge in [-0.2, -0.15) is 4.99 Å². The molecule has 2 aliphatic rings. The summed E-state index contributed by atoms with van der Waals surface area (Å²) in [6.45, 7) is 1.80. The van der Waals surface area contributed by atoms with Gasteiger partial charge in [-0.05, 0) is 48.4 Å². The molecular formula is C14H14FN3OS. The molecule has 20 heavy (non-hydrogen) atoms. The van der Waals surface area contributed by atoms with E-state index >= 15 is 0 Å². The number of carbonyl (C=O) groups excluding carboxylic acids is 1. The minimum atomic E-state index is -0.364. The number of amidine groups is 1. The van der Waals surface area contributed by atoms with Crippen molar-refractivity contribution in [2.75, 3.05) is 18.0 Å². The van der Waals surface area contributed by atoms with Gasteiger partial charge in [0.1, 0.15) is 5.82 Å². The molecule has 1 fully saturated rings. The van der Waals surface area contributed by atoms with Crippen LogP contribution in [0.5, 0.6) is 0 Å². The molecule has 1 saturated heterocycles. The molecule has 104 valence electrons. The molecule has 4 nitrogen and oxygen atoms in total. The van der Waals surface area contributed by atoms with Crippen LogP contribution in [-0.4, -0.2) is 24.2 Å². The van der Waals surface area contributed by atoms with Crippen molar-refractivity contribution in [1.82, 2.24) is 0 Å². The first-order valence-corrected chi connectivity index (χ1v) is 7.28. The number of hydrogen-bond acceptors (Lipinski definition) is 4. The Morgan fingerprint density at radius 1 is 1.35 bits per heavy atom. The summed E-state index contributed by atoms with van der Waals surface area (Å²) in [5, 5.41) is 0.232. The molecule has 2 N–H and O–H groups in total. The molecule has 2 heterocycles. The fraction of sp³-hybridized carbons (Fsp3) is 0.286. The predicted octanol–water partition coefficient (Wildman–Crippen LogP) is 2.35. The lowest BCUT2D eigenvalue weighted by Crippen LogP contribution is -2.18. The van der Waals surface area contributed by atoms with Crippen molar-refractivity contribution in [3.05, 3.63) is 34.5 Å². The second-order valence-corrected chi connectivity index (χ2v) is 5.83. The molecule has 0 bridgehead atoms. The monoisotopic (exact) mass is 291 g/mol. The number of rotatable bonds is 2. The summed E-state index contributed by atoms with van der Waals surface area (Å²) in [5.41, 5.74) is 6.75. The van der Waals surface area contributed by atoms with Crippen LogP contribution in [0.1, 0.15) is 18.4 Å². The maximum atomic E-state index is 14.1. The first-order chi connectivity index (χ1) is 9.63. The molecule has 3 rings (SSSR count). The number of nitrogens with zero attached hydrogens (tertiary/aromatic N) is 2. The van der Waals surface area contributed by atoms with Gasteiger partial charge < -0.3 is 10.6 Å². The molecule has 0 spiro atoms. The topological polar surface area (TPSA) is 58.7 Å². The lowest BCUT2D eigenvalue weighted by molar-refractivity contribution is -0.113. The Labute approximate surface area is 120 Å². The van der Waals surface area contributed by atoms with Crippen LogP contribution in [0, 0.1) is 5.82 Å². The van der Waals surface area contributed by atoms with E-state index in [1.54, 1.807) is 12.1 Å². The second-order valence-electron chi connectivity index (χ2n) is 4.77. The number of anilines is 1. The highest BCUT2D eigenvalue weighted by Crippen LogP contribution is 2.29. The van der Waals surface area contributed by atoms with Crippen LogP contribution in [0.3, 0.4) is 0 Å². The average molecular weight is 291 g/mol. The van der Waals surface area contributed by atoms with E-state index in [0.717, 1.165) is 37.7 Å². The molecule has 0 aliphatic carbocycles. The van der Waals surface area contributed by atoms with Crippen LogP contribution in [0.15, 0.2) is 28.1 Å². The number of amides is 1. The fourth-order valence-corrected chi connectivity index (χ4v) is 3.09. The van der Waals surface area contributed by atoms with Crippen LogP contribution in [0.2, 0.25) is 0 Å². The molecule has 1 aromatic carbocycles. The van der Waals surface area contributed by atoms with Gasteiger partial charge in [-0.25, -0.2) is 4.39 Å². The van der Waals surface area contributed by atoms with Crippen molar-refractivity contribution in [2.45, 2.75) is 12.8 Å². The predicted molar refractivity (Wildman–Crippen MR) is 80.0 cm³/mol. The van der Waals surface area contributed by atoms with Gasteiger partial charge in [-0.3, -0.25) is 4.79 Å². The summed E-state index contributed by atoms with van der Waals surface area (Å²) in [6, 6.07) is 5.02. The van der Waals surface area contributed by atoms with Gasteiger partial charge in [0.05, 0.1) is 10.6 Å². The van der Waals surface area contributed by atoms with Crippen molar-refractivity contribution in [2.24, 2.45) is 10.7 Å². The van der Waals surface area contributed by atoms with E-state index in [0.29, 0.717) is 16.2 Å². The van der Waals surface area contributed by atoms with Gasteiger partial charge in [-0.1, -0.05) is 6.07 Å². The highest BCUT2D eigenvalue weighted by atomic mass is 32.2. The second kappa shape index (κ2) is 5.28. The SMILES string of the molecule is NC1=NC(=O)/C(=C\c2ccc(N3CCCC3)c(F)c2)S1. The Morgan fingerprint density at radius 2 is 2.10 bits per heavy atom. The van der Waals surface area contributed by atoms with Crippen LogP contribution in [-0.2, 0) is 4.79 Å². The van der Waals surface area contributed by atoms with Crippen molar-refractivity contribution >= 4 is 34.6 Å². The lowest BCUT2D eigenvalue weighted by atomic mass is 10.1. The molecule has 2 aliphatic heterocycles. The van der Waals surface area contributed by atoms with Crippen molar-refractivity contribution in [3.63, 3.8) is 0 Å². The summed E-state index contributed by atoms with van der Waals surface area (Å²) in [5.74, 6) is -0.623. The quantitative estimate of drug-likeness (QED) is 0.850. The standard InChI is InChI=1S/C14H14FN3OS/c15-10-7-9(8-12-13(19)17-14(16)20-12)3-4-11(10)18-5-1-2-6-18/h3-4,7-8H,1-2,5-6H2,(H2,16,17,19)/b12-8+. The zero-order chi connectivity index (χ0) is 14.1. The minimum absolute atomic E-state index is 0.232. The number of thioether (sulfide) groups is 1. The van der Waals surface area contributed by atoms with Crippen LogP contribution < -0.4 is 10.6 Å². The Kier molecular flexibility index (Phi) is 3.48. The Morgan fingerprint density at radius 3 is 2.70 bits per heavy atom. The molecule has 6 heteroatoms. The maximum Gasteiger partial charge on any atom is 0.286 e. The fourth-order valence-electron chi connectivity index (χ4n) is 2.40. The molecule has 0 unspecified atom stereocenters. The van der Waals surface area contributed by atoms with Crippen molar-refractivity contribution < 1.29 is 9.18 Å². The first kappa shape index (κ1) is 13.2. The van der Waals surface area contributed by atoms with Gasteiger partial charge in [0.25, 0.3) is 5.91 Å². The Balaban J connectivity index is 1.84. The molecular weight excluding hydrogens is 277 g/mol. The van der Waals surface area contributed by atoms with Gasteiger partial charge >= 0.3 is 0 Å². The number of aliphatic imine (C=N–C) groups is 1. The van der Waals surface area contributed by atoms with E-state index in [2.05, 4.69) is 4.99 Å². The van der Waals surface area contributed by atoms with Gasteiger partial charge in [0.15, 0.2) is 5.17 Å².